The molecule has 1 heterocycles. The van der Waals surface area contributed by atoms with Crippen LogP contribution in [-0.2, 0) is 0 Å². The average Bonchev–Trinajstić information content (AvgIpc) is 3.29. The summed E-state index contributed by atoms with van der Waals surface area (Å²) in [6.45, 7) is 1.98. The van der Waals surface area contributed by atoms with Gasteiger partial charge in [-0.1, -0.05) is 51.8 Å². The third-order valence-corrected chi connectivity index (χ3v) is 8.15. The first kappa shape index (κ1) is 28.2. The van der Waals surface area contributed by atoms with Crippen LogP contribution in [0.15, 0.2) is 101 Å². The van der Waals surface area contributed by atoms with Crippen molar-refractivity contribution in [3.63, 3.8) is 0 Å². The first-order valence-electron chi connectivity index (χ1n) is 12.3. The Morgan fingerprint density at radius 3 is 2.37 bits per heavy atom. The maximum Gasteiger partial charge on any atom is 0.343 e. The van der Waals surface area contributed by atoms with Crippen LogP contribution in [0.3, 0.4) is 0 Å². The predicted molar refractivity (Wildman–Crippen MR) is 167 cm³/mol. The van der Waals surface area contributed by atoms with E-state index in [-0.39, 0.29) is 5.91 Å². The molecule has 5 aromatic rings. The van der Waals surface area contributed by atoms with Gasteiger partial charge in [-0.25, -0.2) is 10.2 Å². The number of halogens is 2. The summed E-state index contributed by atoms with van der Waals surface area (Å²) in [6, 6.07) is 25.9. The minimum absolute atomic E-state index is 0.299. The molecule has 4 aromatic carbocycles. The van der Waals surface area contributed by atoms with Gasteiger partial charge in [0.05, 0.1) is 16.8 Å². The SMILES string of the molecule is Cc1ccc2c(Cl)c(C(=O)Nc3ccc(C(=O)N/N=C\c4ccccc4OC(=O)c4ccc(Br)cc4)cc3)sc2c1. The molecule has 0 radical (unpaired) electrons. The Bertz CT molecular complexity index is 1800. The third-order valence-electron chi connectivity index (χ3n) is 5.97. The number of ether oxygens (including phenoxy) is 1. The maximum atomic E-state index is 12.9. The van der Waals surface area contributed by atoms with Crippen molar-refractivity contribution in [2.24, 2.45) is 5.10 Å². The molecule has 7 nitrogen and oxygen atoms in total. The van der Waals surface area contributed by atoms with Gasteiger partial charge >= 0.3 is 5.97 Å². The number of thiophene rings is 1. The number of fused-ring (bicyclic) bond motifs is 1. The van der Waals surface area contributed by atoms with Gasteiger partial charge < -0.3 is 10.1 Å². The van der Waals surface area contributed by atoms with E-state index in [0.29, 0.717) is 38.0 Å². The fourth-order valence-electron chi connectivity index (χ4n) is 3.86. The molecule has 0 fully saturated rings. The Balaban J connectivity index is 1.20. The number of hydrogen-bond donors (Lipinski definition) is 2. The van der Waals surface area contributed by atoms with Gasteiger partial charge in [0.25, 0.3) is 11.8 Å². The molecule has 2 N–H and O–H groups in total. The standard InChI is InChI=1S/C31H21BrClN3O4S/c1-18-6-15-24-26(16-18)41-28(27(24)33)30(38)35-23-13-9-19(10-14-23)29(37)36-34-17-21-4-2-3-5-25(21)40-31(39)20-7-11-22(32)12-8-20/h2-17H,1H3,(H,35,38)(H,36,37)/b34-17-. The van der Waals surface area contributed by atoms with Crippen LogP contribution in [0, 0.1) is 6.92 Å². The summed E-state index contributed by atoms with van der Waals surface area (Å²) in [4.78, 5) is 38.4. The zero-order chi connectivity index (χ0) is 28.9. The van der Waals surface area contributed by atoms with Gasteiger partial charge in [0, 0.05) is 31.4 Å². The number of carbonyl (C=O) groups is 3. The van der Waals surface area contributed by atoms with E-state index in [1.807, 2.05) is 25.1 Å². The highest BCUT2D eigenvalue weighted by molar-refractivity contribution is 9.10. The van der Waals surface area contributed by atoms with E-state index in [2.05, 4.69) is 31.8 Å². The normalized spacial score (nSPS) is 11.0. The number of rotatable bonds is 7. The summed E-state index contributed by atoms with van der Waals surface area (Å²) in [5.74, 6) is -0.992. The Morgan fingerprint density at radius 2 is 1.61 bits per heavy atom. The molecule has 0 aliphatic rings. The fourth-order valence-corrected chi connectivity index (χ4v) is 5.64. The summed E-state index contributed by atoms with van der Waals surface area (Å²) < 4.78 is 7.31. The van der Waals surface area contributed by atoms with Crippen LogP contribution in [0.4, 0.5) is 5.69 Å². The van der Waals surface area contributed by atoms with Crippen LogP contribution in [0.2, 0.25) is 5.02 Å². The highest BCUT2D eigenvalue weighted by Crippen LogP contribution is 2.36. The van der Waals surface area contributed by atoms with Crippen molar-refractivity contribution in [2.75, 3.05) is 5.32 Å². The first-order chi connectivity index (χ1) is 19.8. The summed E-state index contributed by atoms with van der Waals surface area (Å²) in [6.07, 6.45) is 1.40. The average molecular weight is 647 g/mol. The molecule has 5 rings (SSSR count). The molecule has 204 valence electrons. The number of esters is 1. The van der Waals surface area contributed by atoms with E-state index in [1.165, 1.54) is 17.6 Å². The minimum Gasteiger partial charge on any atom is -0.422 e. The molecule has 0 aliphatic heterocycles. The lowest BCUT2D eigenvalue weighted by atomic mass is 10.2. The van der Waals surface area contributed by atoms with Crippen molar-refractivity contribution in [1.82, 2.24) is 5.43 Å². The summed E-state index contributed by atoms with van der Waals surface area (Å²) in [5, 5.41) is 8.09. The molecule has 0 atom stereocenters. The maximum absolute atomic E-state index is 12.9. The van der Waals surface area contributed by atoms with Gasteiger partial charge in [0.15, 0.2) is 0 Å². The number of hydrogen-bond acceptors (Lipinski definition) is 6. The third kappa shape index (κ3) is 6.71. The number of aryl methyl sites for hydroxylation is 1. The fraction of sp³-hybridized carbons (Fsp3) is 0.0323. The smallest absolute Gasteiger partial charge is 0.343 e. The van der Waals surface area contributed by atoms with Crippen LogP contribution in [-0.4, -0.2) is 24.0 Å². The van der Waals surface area contributed by atoms with Gasteiger partial charge in [-0.3, -0.25) is 9.59 Å². The number of carbonyl (C=O) groups excluding carboxylic acids is 3. The van der Waals surface area contributed by atoms with Gasteiger partial charge in [0.2, 0.25) is 0 Å². The Labute approximate surface area is 252 Å². The zero-order valence-corrected chi connectivity index (χ0v) is 24.6. The summed E-state index contributed by atoms with van der Waals surface area (Å²) in [5.41, 5.74) is 5.31. The van der Waals surface area contributed by atoms with Crippen LogP contribution in [0.5, 0.6) is 5.75 Å². The molecule has 0 aliphatic carbocycles. The number of para-hydroxylation sites is 1. The topological polar surface area (TPSA) is 96.9 Å². The summed E-state index contributed by atoms with van der Waals surface area (Å²) >= 11 is 11.1. The molecule has 41 heavy (non-hydrogen) atoms. The summed E-state index contributed by atoms with van der Waals surface area (Å²) in [7, 11) is 0. The van der Waals surface area contributed by atoms with Gasteiger partial charge in [-0.05, 0) is 79.2 Å². The second-order valence-corrected chi connectivity index (χ2v) is 11.3. The van der Waals surface area contributed by atoms with Crippen LogP contribution in [0.25, 0.3) is 10.1 Å². The molecule has 10 heteroatoms. The number of hydrazone groups is 1. The molecular formula is C31H21BrClN3O4S. The molecule has 0 spiro atoms. The lowest BCUT2D eigenvalue weighted by Gasteiger charge is -2.07. The highest BCUT2D eigenvalue weighted by atomic mass is 79.9. The van der Waals surface area contributed by atoms with Crippen LogP contribution >= 0.6 is 38.9 Å². The van der Waals surface area contributed by atoms with Crippen molar-refractivity contribution >= 4 is 78.6 Å². The lowest BCUT2D eigenvalue weighted by Crippen LogP contribution is -2.18. The van der Waals surface area contributed by atoms with Gasteiger partial charge in [-0.2, -0.15) is 5.10 Å². The van der Waals surface area contributed by atoms with Crippen LogP contribution < -0.4 is 15.5 Å². The Hall–Kier alpha value is -4.31. The molecule has 0 saturated carbocycles. The predicted octanol–water partition coefficient (Wildman–Crippen LogP) is 7.86. The first-order valence-corrected chi connectivity index (χ1v) is 14.3. The molecular weight excluding hydrogens is 626 g/mol. The van der Waals surface area contributed by atoms with E-state index >= 15 is 0 Å². The lowest BCUT2D eigenvalue weighted by molar-refractivity contribution is 0.0734. The van der Waals surface area contributed by atoms with E-state index in [4.69, 9.17) is 16.3 Å². The monoisotopic (exact) mass is 645 g/mol. The second kappa shape index (κ2) is 12.5. The molecule has 0 saturated heterocycles. The van der Waals surface area contributed by atoms with E-state index in [9.17, 15) is 14.4 Å². The van der Waals surface area contributed by atoms with Crippen molar-refractivity contribution in [2.45, 2.75) is 6.92 Å². The molecule has 0 unspecified atom stereocenters. The highest BCUT2D eigenvalue weighted by Gasteiger charge is 2.18. The molecule has 0 bridgehead atoms. The van der Waals surface area contributed by atoms with Gasteiger partial charge in [0.1, 0.15) is 10.6 Å². The Morgan fingerprint density at radius 1 is 0.902 bits per heavy atom. The van der Waals surface area contributed by atoms with Crippen molar-refractivity contribution in [3.05, 3.63) is 128 Å². The van der Waals surface area contributed by atoms with Crippen molar-refractivity contribution in [1.29, 1.82) is 0 Å². The van der Waals surface area contributed by atoms with Crippen LogP contribution in [0.1, 0.15) is 41.5 Å². The van der Waals surface area contributed by atoms with Gasteiger partial charge in [-0.15, -0.1) is 11.3 Å². The zero-order valence-electron chi connectivity index (χ0n) is 21.5. The number of anilines is 1. The van der Waals surface area contributed by atoms with E-state index in [0.717, 1.165) is 20.1 Å². The molecule has 1 aromatic heterocycles. The van der Waals surface area contributed by atoms with E-state index in [1.54, 1.807) is 72.8 Å². The molecule has 2 amide bonds. The number of amides is 2. The second-order valence-electron chi connectivity index (χ2n) is 8.91. The van der Waals surface area contributed by atoms with Crippen molar-refractivity contribution in [3.8, 4) is 5.75 Å². The minimum atomic E-state index is -0.515. The quantitative estimate of drug-likeness (QED) is 0.0814. The largest absolute Gasteiger partial charge is 0.422 e. The number of benzene rings is 4. The van der Waals surface area contributed by atoms with Crippen molar-refractivity contribution < 1.29 is 19.1 Å². The van der Waals surface area contributed by atoms with E-state index < -0.39 is 11.9 Å². The number of nitrogens with zero attached hydrogens (tertiary/aromatic N) is 1. The number of nitrogens with one attached hydrogen (secondary N) is 2. The Kier molecular flexibility index (Phi) is 8.58.